The lowest BCUT2D eigenvalue weighted by Gasteiger charge is -2.34. The van der Waals surface area contributed by atoms with Crippen molar-refractivity contribution in [1.29, 1.82) is 0 Å². The predicted octanol–water partition coefficient (Wildman–Crippen LogP) is -0.465. The van der Waals surface area contributed by atoms with Gasteiger partial charge in [0, 0.05) is 65.3 Å². The van der Waals surface area contributed by atoms with Gasteiger partial charge in [-0.1, -0.05) is 0 Å². The Balaban J connectivity index is 1.28. The zero-order valence-electron chi connectivity index (χ0n) is 15.3. The van der Waals surface area contributed by atoms with Crippen LogP contribution in [0, 0.1) is 11.8 Å². The third-order valence-corrected chi connectivity index (χ3v) is 5.89. The Labute approximate surface area is 153 Å². The molecule has 8 nitrogen and oxygen atoms in total. The smallest absolute Gasteiger partial charge is 0.236 e. The van der Waals surface area contributed by atoms with Gasteiger partial charge in [-0.15, -0.1) is 0 Å². The first kappa shape index (κ1) is 17.2. The predicted molar refractivity (Wildman–Crippen MR) is 96.5 cm³/mol. The van der Waals surface area contributed by atoms with Crippen LogP contribution in [0.15, 0.2) is 18.5 Å². The van der Waals surface area contributed by atoms with Crippen molar-refractivity contribution >= 4 is 17.8 Å². The molecule has 0 N–H and O–H groups in total. The Morgan fingerprint density at radius 3 is 2.58 bits per heavy atom. The lowest BCUT2D eigenvalue weighted by atomic mass is 9.88. The Kier molecular flexibility index (Phi) is 4.76. The molecule has 140 valence electrons. The van der Waals surface area contributed by atoms with E-state index in [-0.39, 0.29) is 17.7 Å². The van der Waals surface area contributed by atoms with E-state index in [1.807, 2.05) is 18.0 Å². The molecule has 3 fully saturated rings. The number of likely N-dealkylation sites (tertiary alicyclic amines) is 2. The molecule has 3 aliphatic heterocycles. The van der Waals surface area contributed by atoms with Crippen LogP contribution in [0.4, 0.5) is 5.95 Å². The molecule has 8 heteroatoms. The fourth-order valence-corrected chi connectivity index (χ4v) is 4.25. The second kappa shape index (κ2) is 7.19. The summed E-state index contributed by atoms with van der Waals surface area (Å²) < 4.78 is 0. The number of carbonyl (C=O) groups is 2. The number of carbonyl (C=O) groups excluding carboxylic acids is 2. The summed E-state index contributed by atoms with van der Waals surface area (Å²) >= 11 is 0. The minimum Gasteiger partial charge on any atom is -0.345 e. The van der Waals surface area contributed by atoms with Gasteiger partial charge in [-0.05, 0) is 18.4 Å². The Bertz CT molecular complexity index is 661. The maximum absolute atomic E-state index is 12.7. The highest BCUT2D eigenvalue weighted by Gasteiger charge is 2.43. The highest BCUT2D eigenvalue weighted by molar-refractivity contribution is 5.83. The van der Waals surface area contributed by atoms with Crippen molar-refractivity contribution in [2.24, 2.45) is 11.8 Å². The van der Waals surface area contributed by atoms with Gasteiger partial charge in [-0.25, -0.2) is 9.97 Å². The molecule has 2 atom stereocenters. The van der Waals surface area contributed by atoms with E-state index in [0.29, 0.717) is 19.0 Å². The van der Waals surface area contributed by atoms with Gasteiger partial charge in [-0.2, -0.15) is 0 Å². The molecule has 2 amide bonds. The summed E-state index contributed by atoms with van der Waals surface area (Å²) in [6.45, 7) is 5.88. The number of fused-ring (bicyclic) bond motifs is 1. The molecule has 0 saturated carbocycles. The maximum Gasteiger partial charge on any atom is 0.236 e. The number of rotatable bonds is 3. The van der Waals surface area contributed by atoms with Crippen LogP contribution in [0.2, 0.25) is 0 Å². The third kappa shape index (κ3) is 3.38. The number of hydrogen-bond donors (Lipinski definition) is 0. The van der Waals surface area contributed by atoms with Gasteiger partial charge in [0.05, 0.1) is 12.5 Å². The standard InChI is InChI=1S/C18H26N6O2/c1-21-6-3-14-11-24(12-15(14)17(21)26)16(25)13-22-7-9-23(10-8-22)18-19-4-2-5-20-18/h2,4-5,14-15H,3,6-13H2,1H3/t14-,15+/m1/s1. The van der Waals surface area contributed by atoms with Crippen LogP contribution in [0.1, 0.15) is 6.42 Å². The lowest BCUT2D eigenvalue weighted by molar-refractivity contribution is -0.138. The average Bonchev–Trinajstić information content (AvgIpc) is 3.11. The van der Waals surface area contributed by atoms with Crippen molar-refractivity contribution in [2.45, 2.75) is 6.42 Å². The number of piperazine rings is 1. The second-order valence-corrected chi connectivity index (χ2v) is 7.53. The monoisotopic (exact) mass is 358 g/mol. The van der Waals surface area contributed by atoms with Crippen LogP contribution in [0.3, 0.4) is 0 Å². The molecule has 26 heavy (non-hydrogen) atoms. The van der Waals surface area contributed by atoms with Crippen molar-refractivity contribution in [3.05, 3.63) is 18.5 Å². The molecular weight excluding hydrogens is 332 g/mol. The van der Waals surface area contributed by atoms with Gasteiger partial charge in [0.2, 0.25) is 17.8 Å². The van der Waals surface area contributed by atoms with E-state index in [0.717, 1.165) is 51.6 Å². The van der Waals surface area contributed by atoms with E-state index >= 15 is 0 Å². The molecule has 0 aliphatic carbocycles. The van der Waals surface area contributed by atoms with Crippen molar-refractivity contribution in [3.8, 4) is 0 Å². The van der Waals surface area contributed by atoms with Gasteiger partial charge in [0.15, 0.2) is 0 Å². The van der Waals surface area contributed by atoms with Crippen LogP contribution in [0.25, 0.3) is 0 Å². The third-order valence-electron chi connectivity index (χ3n) is 5.89. The number of piperidine rings is 1. The van der Waals surface area contributed by atoms with Crippen LogP contribution >= 0.6 is 0 Å². The Hall–Kier alpha value is -2.22. The zero-order valence-corrected chi connectivity index (χ0v) is 15.3. The van der Waals surface area contributed by atoms with Crippen molar-refractivity contribution in [2.75, 3.05) is 64.3 Å². The molecule has 0 aromatic carbocycles. The number of nitrogens with zero attached hydrogens (tertiary/aromatic N) is 6. The van der Waals surface area contributed by atoms with Crippen LogP contribution in [-0.2, 0) is 9.59 Å². The van der Waals surface area contributed by atoms with Gasteiger partial charge in [-0.3, -0.25) is 14.5 Å². The van der Waals surface area contributed by atoms with Gasteiger partial charge >= 0.3 is 0 Å². The molecule has 4 heterocycles. The maximum atomic E-state index is 12.7. The summed E-state index contributed by atoms with van der Waals surface area (Å²) in [5.41, 5.74) is 0. The Morgan fingerprint density at radius 1 is 1.12 bits per heavy atom. The molecule has 0 bridgehead atoms. The fraction of sp³-hybridized carbons (Fsp3) is 0.667. The highest BCUT2D eigenvalue weighted by atomic mass is 16.2. The summed E-state index contributed by atoms with van der Waals surface area (Å²) in [5.74, 6) is 1.46. The summed E-state index contributed by atoms with van der Waals surface area (Å²) in [6, 6.07) is 1.81. The molecule has 3 aliphatic rings. The number of hydrogen-bond acceptors (Lipinski definition) is 6. The highest BCUT2D eigenvalue weighted by Crippen LogP contribution is 2.31. The molecule has 0 radical (unpaired) electrons. The number of anilines is 1. The first-order valence-electron chi connectivity index (χ1n) is 9.39. The zero-order chi connectivity index (χ0) is 18.1. The van der Waals surface area contributed by atoms with E-state index in [1.54, 1.807) is 17.3 Å². The molecule has 3 saturated heterocycles. The SMILES string of the molecule is CN1CC[C@@H]2CN(C(=O)CN3CCN(c4ncccn4)CC3)C[C@@H]2C1=O. The minimum absolute atomic E-state index is 0.00442. The van der Waals surface area contributed by atoms with Crippen LogP contribution in [-0.4, -0.2) is 95.9 Å². The largest absolute Gasteiger partial charge is 0.345 e. The van der Waals surface area contributed by atoms with Crippen molar-refractivity contribution < 1.29 is 9.59 Å². The topological polar surface area (TPSA) is 72.9 Å². The lowest BCUT2D eigenvalue weighted by Crippen LogP contribution is -2.50. The summed E-state index contributed by atoms with van der Waals surface area (Å²) in [6.07, 6.45) is 4.51. The van der Waals surface area contributed by atoms with E-state index in [1.165, 1.54) is 0 Å². The normalized spacial score (nSPS) is 27.0. The molecular formula is C18H26N6O2. The first-order valence-corrected chi connectivity index (χ1v) is 9.39. The molecule has 0 unspecified atom stereocenters. The molecule has 4 rings (SSSR count). The van der Waals surface area contributed by atoms with Crippen LogP contribution in [0.5, 0.6) is 0 Å². The van der Waals surface area contributed by atoms with E-state index in [2.05, 4.69) is 19.8 Å². The van der Waals surface area contributed by atoms with E-state index in [9.17, 15) is 9.59 Å². The molecule has 0 spiro atoms. The van der Waals surface area contributed by atoms with E-state index < -0.39 is 0 Å². The summed E-state index contributed by atoms with van der Waals surface area (Å²) in [5, 5.41) is 0. The van der Waals surface area contributed by atoms with Crippen molar-refractivity contribution in [3.63, 3.8) is 0 Å². The number of aromatic nitrogens is 2. The average molecular weight is 358 g/mol. The van der Waals surface area contributed by atoms with Gasteiger partial charge in [0.1, 0.15) is 0 Å². The molecule has 1 aromatic heterocycles. The number of amides is 2. The Morgan fingerprint density at radius 2 is 1.85 bits per heavy atom. The summed E-state index contributed by atoms with van der Waals surface area (Å²) in [7, 11) is 1.86. The van der Waals surface area contributed by atoms with E-state index in [4.69, 9.17) is 0 Å². The van der Waals surface area contributed by atoms with Gasteiger partial charge < -0.3 is 14.7 Å². The quantitative estimate of drug-likeness (QED) is 0.728. The molecule has 1 aromatic rings. The van der Waals surface area contributed by atoms with Crippen LogP contribution < -0.4 is 4.90 Å². The fourth-order valence-electron chi connectivity index (χ4n) is 4.25. The minimum atomic E-state index is 0.00442. The van der Waals surface area contributed by atoms with Crippen molar-refractivity contribution in [1.82, 2.24) is 24.7 Å². The summed E-state index contributed by atoms with van der Waals surface area (Å²) in [4.78, 5) is 41.6. The second-order valence-electron chi connectivity index (χ2n) is 7.53. The van der Waals surface area contributed by atoms with Gasteiger partial charge in [0.25, 0.3) is 0 Å². The first-order chi connectivity index (χ1) is 12.6.